The van der Waals surface area contributed by atoms with Gasteiger partial charge in [0.1, 0.15) is 11.6 Å². The highest BCUT2D eigenvalue weighted by atomic mass is 35.5. The number of nitrogens with one attached hydrogen (secondary N) is 1. The summed E-state index contributed by atoms with van der Waals surface area (Å²) < 4.78 is 23.6. The number of ether oxygens (including phenoxy) is 1. The van der Waals surface area contributed by atoms with E-state index in [1.165, 1.54) is 6.07 Å². The molecule has 0 saturated heterocycles. The van der Waals surface area contributed by atoms with Crippen molar-refractivity contribution in [3.8, 4) is 5.75 Å². The average molecular weight is 528 g/mol. The van der Waals surface area contributed by atoms with Crippen molar-refractivity contribution in [2.24, 2.45) is 0 Å². The summed E-state index contributed by atoms with van der Waals surface area (Å²) in [6, 6.07) is 8.67. The average Bonchev–Trinajstić information content (AvgIpc) is 3.61. The molecule has 1 fully saturated rings. The van der Waals surface area contributed by atoms with Gasteiger partial charge in [-0.15, -0.1) is 10.7 Å². The second-order valence-corrected chi connectivity index (χ2v) is 11.3. The standard InChI is InChI=1S/C26H33Cl2FN2O2S/c1-4-9-31(17-18-12-20(27)14-21(28)13-18)10-6-11-33-25-16-24(29)23(15-22(25)19-7-8-19)26(32)30-34(3)5-2/h5,12-16,19H,4,6-11,17H2,1-3H3,(H,30,32). The molecule has 4 nitrogen and oxygen atoms in total. The van der Waals surface area contributed by atoms with Crippen molar-refractivity contribution < 1.29 is 13.9 Å². The van der Waals surface area contributed by atoms with Crippen LogP contribution in [0.5, 0.6) is 5.75 Å². The van der Waals surface area contributed by atoms with Crippen LogP contribution in [0.15, 0.2) is 30.3 Å². The van der Waals surface area contributed by atoms with Crippen LogP contribution >= 0.6 is 33.9 Å². The van der Waals surface area contributed by atoms with Crippen LogP contribution in [0.25, 0.3) is 0 Å². The lowest BCUT2D eigenvalue weighted by Crippen LogP contribution is -2.26. The fraction of sp³-hybridized carbons (Fsp3) is 0.462. The normalized spacial score (nSPS) is 14.4. The molecule has 1 aliphatic carbocycles. The first kappa shape index (κ1) is 27.0. The Hall–Kier alpha value is -1.60. The summed E-state index contributed by atoms with van der Waals surface area (Å²) in [7, 11) is -0.395. The van der Waals surface area contributed by atoms with E-state index in [0.29, 0.717) is 28.3 Å². The van der Waals surface area contributed by atoms with E-state index in [9.17, 15) is 9.18 Å². The second kappa shape index (κ2) is 12.9. The van der Waals surface area contributed by atoms with Gasteiger partial charge in [0.2, 0.25) is 0 Å². The Labute approximate surface area is 214 Å². The minimum atomic E-state index is -0.546. The van der Waals surface area contributed by atoms with E-state index in [-0.39, 0.29) is 11.5 Å². The molecule has 1 saturated carbocycles. The predicted molar refractivity (Wildman–Crippen MR) is 143 cm³/mol. The predicted octanol–water partition coefficient (Wildman–Crippen LogP) is 7.06. The maximum Gasteiger partial charge on any atom is 0.263 e. The van der Waals surface area contributed by atoms with Gasteiger partial charge in [-0.1, -0.05) is 30.1 Å². The van der Waals surface area contributed by atoms with E-state index in [2.05, 4.69) is 16.5 Å². The van der Waals surface area contributed by atoms with Crippen LogP contribution in [0.1, 0.15) is 66.9 Å². The summed E-state index contributed by atoms with van der Waals surface area (Å²) in [6.07, 6.45) is 5.79. The van der Waals surface area contributed by atoms with Gasteiger partial charge in [-0.05, 0) is 92.1 Å². The van der Waals surface area contributed by atoms with E-state index in [4.69, 9.17) is 27.9 Å². The number of benzene rings is 2. The maximum atomic E-state index is 14.8. The maximum absolute atomic E-state index is 14.8. The Morgan fingerprint density at radius 2 is 1.91 bits per heavy atom. The Bertz CT molecular complexity index is 1020. The summed E-state index contributed by atoms with van der Waals surface area (Å²) >= 11 is 12.3. The van der Waals surface area contributed by atoms with Gasteiger partial charge < -0.3 is 9.46 Å². The van der Waals surface area contributed by atoms with Crippen molar-refractivity contribution in [1.29, 1.82) is 0 Å². The summed E-state index contributed by atoms with van der Waals surface area (Å²) in [5.41, 5.74) is 2.10. The first-order valence-electron chi connectivity index (χ1n) is 11.7. The number of halogens is 3. The molecule has 3 rings (SSSR count). The largest absolute Gasteiger partial charge is 0.493 e. The highest BCUT2D eigenvalue weighted by Gasteiger charge is 2.29. The number of rotatable bonds is 12. The van der Waals surface area contributed by atoms with Gasteiger partial charge in [0, 0.05) is 29.2 Å². The van der Waals surface area contributed by atoms with E-state index in [1.54, 1.807) is 12.1 Å². The fourth-order valence-electron chi connectivity index (χ4n) is 3.86. The third-order valence-corrected chi connectivity index (χ3v) is 7.36. The topological polar surface area (TPSA) is 41.6 Å². The van der Waals surface area contributed by atoms with Crippen molar-refractivity contribution in [1.82, 2.24) is 9.62 Å². The number of hydrogen-bond acceptors (Lipinski definition) is 3. The Morgan fingerprint density at radius 1 is 1.21 bits per heavy atom. The fourth-order valence-corrected chi connectivity index (χ4v) is 4.95. The third-order valence-electron chi connectivity index (χ3n) is 5.71. The highest BCUT2D eigenvalue weighted by Crippen LogP contribution is 2.45. The summed E-state index contributed by atoms with van der Waals surface area (Å²) in [5, 5.41) is 3.16. The molecule has 0 spiro atoms. The highest BCUT2D eigenvalue weighted by molar-refractivity contribution is 8.13. The van der Waals surface area contributed by atoms with Gasteiger partial charge in [0.05, 0.1) is 12.2 Å². The molecule has 8 heteroatoms. The van der Waals surface area contributed by atoms with Crippen molar-refractivity contribution in [3.05, 3.63) is 62.9 Å². The summed E-state index contributed by atoms with van der Waals surface area (Å²) in [5.74, 6) is -0.0386. The molecule has 34 heavy (non-hydrogen) atoms. The minimum Gasteiger partial charge on any atom is -0.493 e. The monoisotopic (exact) mass is 526 g/mol. The quantitative estimate of drug-likeness (QED) is 0.237. The van der Waals surface area contributed by atoms with Crippen LogP contribution in [0.3, 0.4) is 0 Å². The minimum absolute atomic E-state index is 0.0877. The molecule has 1 amide bonds. The molecular weight excluding hydrogens is 494 g/mol. The lowest BCUT2D eigenvalue weighted by atomic mass is 10.0. The van der Waals surface area contributed by atoms with E-state index in [1.807, 2.05) is 30.7 Å². The molecule has 186 valence electrons. The SMILES string of the molecule is C/C=S(\C)NC(=O)c1cc(C2CC2)c(OCCCN(CCC)Cc2cc(Cl)cc(Cl)c2)cc1F. The molecule has 1 unspecified atom stereocenters. The number of carbonyl (C=O) groups is 1. The second-order valence-electron chi connectivity index (χ2n) is 8.62. The zero-order chi connectivity index (χ0) is 24.7. The van der Waals surface area contributed by atoms with Crippen LogP contribution in [0.2, 0.25) is 10.0 Å². The van der Waals surface area contributed by atoms with Crippen LogP contribution < -0.4 is 9.46 Å². The van der Waals surface area contributed by atoms with Crippen LogP contribution in [0, 0.1) is 5.82 Å². The molecule has 1 atom stereocenters. The van der Waals surface area contributed by atoms with E-state index in [0.717, 1.165) is 56.4 Å². The van der Waals surface area contributed by atoms with Crippen molar-refractivity contribution in [2.75, 3.05) is 26.0 Å². The first-order chi connectivity index (χ1) is 16.3. The molecule has 2 aromatic carbocycles. The van der Waals surface area contributed by atoms with Gasteiger partial charge >= 0.3 is 0 Å². The van der Waals surface area contributed by atoms with Crippen molar-refractivity contribution >= 4 is 45.1 Å². The number of hydrogen-bond donors (Lipinski definition) is 1. The third kappa shape index (κ3) is 7.98. The molecule has 0 aromatic heterocycles. The van der Waals surface area contributed by atoms with Crippen LogP contribution in [-0.2, 0) is 6.54 Å². The van der Waals surface area contributed by atoms with E-state index >= 15 is 0 Å². The molecule has 0 heterocycles. The molecule has 1 aliphatic rings. The molecule has 0 aliphatic heterocycles. The molecular formula is C26H33Cl2FN2O2S. The number of nitrogens with zero attached hydrogens (tertiary/aromatic N) is 1. The smallest absolute Gasteiger partial charge is 0.263 e. The van der Waals surface area contributed by atoms with Gasteiger partial charge in [-0.25, -0.2) is 4.39 Å². The summed E-state index contributed by atoms with van der Waals surface area (Å²) in [4.78, 5) is 14.8. The number of carbonyl (C=O) groups excluding carboxylic acids is 1. The molecule has 2 aromatic rings. The molecule has 1 N–H and O–H groups in total. The van der Waals surface area contributed by atoms with Crippen molar-refractivity contribution in [2.45, 2.75) is 52.0 Å². The summed E-state index contributed by atoms with van der Waals surface area (Å²) in [6.45, 7) is 7.05. The number of amides is 1. The van der Waals surface area contributed by atoms with Gasteiger partial charge in [-0.3, -0.25) is 9.69 Å². The molecule has 0 bridgehead atoms. The van der Waals surface area contributed by atoms with Gasteiger partial charge in [-0.2, -0.15) is 0 Å². The lowest BCUT2D eigenvalue weighted by Gasteiger charge is -2.22. The lowest BCUT2D eigenvalue weighted by molar-refractivity contribution is 0.0980. The van der Waals surface area contributed by atoms with Gasteiger partial charge in [0.15, 0.2) is 0 Å². The van der Waals surface area contributed by atoms with E-state index < -0.39 is 16.5 Å². The Morgan fingerprint density at radius 3 is 2.53 bits per heavy atom. The first-order valence-corrected chi connectivity index (χ1v) is 14.1. The van der Waals surface area contributed by atoms with Crippen molar-refractivity contribution in [3.63, 3.8) is 0 Å². The zero-order valence-electron chi connectivity index (χ0n) is 20.0. The zero-order valence-corrected chi connectivity index (χ0v) is 22.3. The van der Waals surface area contributed by atoms with Crippen LogP contribution in [0.4, 0.5) is 4.39 Å². The Balaban J connectivity index is 1.61. The van der Waals surface area contributed by atoms with Gasteiger partial charge in [0.25, 0.3) is 5.91 Å². The molecule has 0 radical (unpaired) electrons. The Kier molecular flexibility index (Phi) is 10.3. The van der Waals surface area contributed by atoms with Crippen LogP contribution in [-0.4, -0.2) is 42.1 Å².